The molecule has 1 atom stereocenters. The molecule has 2 aromatic carbocycles. The molecule has 1 N–H and O–H groups in total. The van der Waals surface area contributed by atoms with Crippen LogP contribution in [0.3, 0.4) is 0 Å². The molecule has 142 valence electrons. The number of rotatable bonds is 7. The summed E-state index contributed by atoms with van der Waals surface area (Å²) in [6.07, 6.45) is 4.78. The molecule has 0 saturated carbocycles. The summed E-state index contributed by atoms with van der Waals surface area (Å²) >= 11 is 0. The highest BCUT2D eigenvalue weighted by molar-refractivity contribution is 5.84. The van der Waals surface area contributed by atoms with E-state index in [4.69, 9.17) is 5.26 Å². The van der Waals surface area contributed by atoms with Crippen molar-refractivity contribution in [2.45, 2.75) is 26.2 Å². The lowest BCUT2D eigenvalue weighted by Crippen LogP contribution is -2.30. The van der Waals surface area contributed by atoms with Crippen molar-refractivity contribution in [1.29, 1.82) is 5.26 Å². The fourth-order valence-corrected chi connectivity index (χ4v) is 3.38. The van der Waals surface area contributed by atoms with E-state index >= 15 is 0 Å². The maximum absolute atomic E-state index is 12.6. The van der Waals surface area contributed by atoms with Gasteiger partial charge in [0.15, 0.2) is 0 Å². The van der Waals surface area contributed by atoms with Crippen molar-refractivity contribution >= 4 is 5.91 Å². The summed E-state index contributed by atoms with van der Waals surface area (Å²) in [5, 5.41) is 11.5. The van der Waals surface area contributed by atoms with Crippen LogP contribution in [0.1, 0.15) is 31.7 Å². The first-order valence-electron chi connectivity index (χ1n) is 9.57. The molecule has 1 aromatic heterocycles. The normalized spacial score (nSPS) is 11.8. The Labute approximate surface area is 166 Å². The van der Waals surface area contributed by atoms with Gasteiger partial charge >= 0.3 is 0 Å². The van der Waals surface area contributed by atoms with Gasteiger partial charge in [0.1, 0.15) is 6.54 Å². The Hall–Kier alpha value is -3.32. The van der Waals surface area contributed by atoms with Crippen LogP contribution in [-0.2, 0) is 4.79 Å². The first-order valence-corrected chi connectivity index (χ1v) is 9.57. The second-order valence-corrected chi connectivity index (χ2v) is 7.32. The predicted octanol–water partition coefficient (Wildman–Crippen LogP) is 4.91. The Morgan fingerprint density at radius 2 is 1.75 bits per heavy atom. The minimum Gasteiger partial charge on any atom is -0.342 e. The van der Waals surface area contributed by atoms with Crippen LogP contribution in [-0.4, -0.2) is 17.0 Å². The molecule has 0 saturated heterocycles. The Morgan fingerprint density at radius 3 is 2.39 bits per heavy atom. The molecule has 0 aliphatic carbocycles. The topological polar surface area (TPSA) is 57.8 Å². The quantitative estimate of drug-likeness (QED) is 0.600. The van der Waals surface area contributed by atoms with Crippen molar-refractivity contribution in [1.82, 2.24) is 9.88 Å². The van der Waals surface area contributed by atoms with Gasteiger partial charge in [0, 0.05) is 18.1 Å². The second-order valence-electron chi connectivity index (χ2n) is 7.32. The maximum atomic E-state index is 12.6. The van der Waals surface area contributed by atoms with Gasteiger partial charge in [-0.15, -0.1) is 0 Å². The van der Waals surface area contributed by atoms with E-state index in [9.17, 15) is 4.79 Å². The van der Waals surface area contributed by atoms with E-state index in [-0.39, 0.29) is 18.4 Å². The molecule has 3 aromatic rings. The number of nitriles is 1. The monoisotopic (exact) mass is 371 g/mol. The number of hydrogen-bond donors (Lipinski definition) is 1. The highest BCUT2D eigenvalue weighted by atomic mass is 16.1. The standard InChI is InChI=1S/C24H25N3O/c1-18(2)16-23(24(28)26-13-12-25)21-7-5-6-20(17-21)19-8-10-22(11-9-19)27-14-3-4-15-27/h3-11,14-15,17-18,23H,13,16H2,1-2H3,(H,26,28). The molecular weight excluding hydrogens is 346 g/mol. The van der Waals surface area contributed by atoms with Crippen LogP contribution in [0.2, 0.25) is 0 Å². The number of hydrogen-bond acceptors (Lipinski definition) is 2. The molecule has 0 radical (unpaired) electrons. The summed E-state index contributed by atoms with van der Waals surface area (Å²) in [7, 11) is 0. The number of benzene rings is 2. The number of carbonyl (C=O) groups is 1. The number of amides is 1. The third kappa shape index (κ3) is 4.69. The molecule has 0 aliphatic heterocycles. The maximum Gasteiger partial charge on any atom is 0.228 e. The van der Waals surface area contributed by atoms with Gasteiger partial charge in [-0.25, -0.2) is 0 Å². The average molecular weight is 371 g/mol. The average Bonchev–Trinajstić information content (AvgIpc) is 3.25. The van der Waals surface area contributed by atoms with Crippen molar-refractivity contribution in [3.05, 3.63) is 78.6 Å². The first-order chi connectivity index (χ1) is 13.6. The summed E-state index contributed by atoms with van der Waals surface area (Å²) < 4.78 is 2.07. The van der Waals surface area contributed by atoms with E-state index < -0.39 is 0 Å². The van der Waals surface area contributed by atoms with Gasteiger partial charge < -0.3 is 9.88 Å². The minimum atomic E-state index is -0.257. The molecule has 0 fully saturated rings. The first kappa shape index (κ1) is 19.4. The third-order valence-corrected chi connectivity index (χ3v) is 4.76. The van der Waals surface area contributed by atoms with Gasteiger partial charge in [-0.2, -0.15) is 5.26 Å². The van der Waals surface area contributed by atoms with Crippen LogP contribution in [0.4, 0.5) is 0 Å². The molecule has 28 heavy (non-hydrogen) atoms. The smallest absolute Gasteiger partial charge is 0.228 e. The number of carbonyl (C=O) groups excluding carboxylic acids is 1. The summed E-state index contributed by atoms with van der Waals surface area (Å²) in [5.74, 6) is 0.0325. The largest absolute Gasteiger partial charge is 0.342 e. The van der Waals surface area contributed by atoms with Crippen molar-refractivity contribution < 1.29 is 4.79 Å². The van der Waals surface area contributed by atoms with Gasteiger partial charge in [-0.3, -0.25) is 4.79 Å². The van der Waals surface area contributed by atoms with Crippen LogP contribution in [0.5, 0.6) is 0 Å². The summed E-state index contributed by atoms with van der Waals surface area (Å²) in [4.78, 5) is 12.6. The second kappa shape index (κ2) is 9.05. The summed E-state index contributed by atoms with van der Waals surface area (Å²) in [6, 6.07) is 22.5. The Morgan fingerprint density at radius 1 is 1.04 bits per heavy atom. The molecule has 1 unspecified atom stereocenters. The van der Waals surface area contributed by atoms with Crippen LogP contribution in [0.15, 0.2) is 73.1 Å². The number of aromatic nitrogens is 1. The third-order valence-electron chi connectivity index (χ3n) is 4.76. The molecular formula is C24H25N3O. The van der Waals surface area contributed by atoms with Crippen LogP contribution < -0.4 is 5.32 Å². The summed E-state index contributed by atoms with van der Waals surface area (Å²) in [6.45, 7) is 4.25. The van der Waals surface area contributed by atoms with E-state index in [1.165, 1.54) is 0 Å². The van der Waals surface area contributed by atoms with E-state index in [2.05, 4.69) is 60.1 Å². The SMILES string of the molecule is CC(C)CC(C(=O)NCC#N)c1cccc(-c2ccc(-n3cccc3)cc2)c1. The van der Waals surface area contributed by atoms with Crippen molar-refractivity contribution in [2.75, 3.05) is 6.54 Å². The van der Waals surface area contributed by atoms with E-state index in [0.29, 0.717) is 5.92 Å². The fraction of sp³-hybridized carbons (Fsp3) is 0.250. The molecule has 0 bridgehead atoms. The van der Waals surface area contributed by atoms with Crippen molar-refractivity contribution in [3.63, 3.8) is 0 Å². The molecule has 3 rings (SSSR count). The zero-order chi connectivity index (χ0) is 19.9. The lowest BCUT2D eigenvalue weighted by Gasteiger charge is -2.19. The van der Waals surface area contributed by atoms with Crippen LogP contribution in [0, 0.1) is 17.2 Å². The van der Waals surface area contributed by atoms with Gasteiger partial charge in [0.25, 0.3) is 0 Å². The molecule has 1 heterocycles. The van der Waals surface area contributed by atoms with Gasteiger partial charge in [-0.05, 0) is 53.3 Å². The minimum absolute atomic E-state index is 0.0357. The highest BCUT2D eigenvalue weighted by Gasteiger charge is 2.22. The lowest BCUT2D eigenvalue weighted by molar-refractivity contribution is -0.122. The number of nitrogens with zero attached hydrogens (tertiary/aromatic N) is 2. The van der Waals surface area contributed by atoms with E-state index in [1.807, 2.05) is 42.7 Å². The molecule has 4 heteroatoms. The molecule has 0 aliphatic rings. The zero-order valence-corrected chi connectivity index (χ0v) is 16.3. The Bertz CT molecular complexity index is 950. The summed E-state index contributed by atoms with van der Waals surface area (Å²) in [5.41, 5.74) is 4.28. The lowest BCUT2D eigenvalue weighted by atomic mass is 9.88. The van der Waals surface area contributed by atoms with Crippen molar-refractivity contribution in [3.8, 4) is 22.9 Å². The number of nitrogens with one attached hydrogen (secondary N) is 1. The molecule has 4 nitrogen and oxygen atoms in total. The van der Waals surface area contributed by atoms with E-state index in [1.54, 1.807) is 0 Å². The van der Waals surface area contributed by atoms with Gasteiger partial charge in [-0.1, -0.05) is 50.2 Å². The Kier molecular flexibility index (Phi) is 6.29. The molecule has 0 spiro atoms. The van der Waals surface area contributed by atoms with Crippen LogP contribution in [0.25, 0.3) is 16.8 Å². The zero-order valence-electron chi connectivity index (χ0n) is 16.3. The van der Waals surface area contributed by atoms with Gasteiger partial charge in [0.2, 0.25) is 5.91 Å². The highest BCUT2D eigenvalue weighted by Crippen LogP contribution is 2.29. The molecule has 1 amide bonds. The Balaban J connectivity index is 1.87. The van der Waals surface area contributed by atoms with Crippen molar-refractivity contribution in [2.24, 2.45) is 5.92 Å². The van der Waals surface area contributed by atoms with Gasteiger partial charge in [0.05, 0.1) is 12.0 Å². The predicted molar refractivity (Wildman–Crippen MR) is 112 cm³/mol. The van der Waals surface area contributed by atoms with Crippen LogP contribution >= 0.6 is 0 Å². The van der Waals surface area contributed by atoms with E-state index in [0.717, 1.165) is 28.8 Å². The fourth-order valence-electron chi connectivity index (χ4n) is 3.38.